The molecule has 4 saturated heterocycles. The molecule has 4 aliphatic heterocycles. The lowest BCUT2D eigenvalue weighted by Gasteiger charge is -2.34. The number of nitrogens with one attached hydrogen (secondary N) is 1. The zero-order valence-electron chi connectivity index (χ0n) is 21.3. The van der Waals surface area contributed by atoms with Gasteiger partial charge in [0, 0.05) is 36.9 Å². The van der Waals surface area contributed by atoms with Gasteiger partial charge < -0.3 is 19.7 Å². The van der Waals surface area contributed by atoms with Gasteiger partial charge in [-0.15, -0.1) is 0 Å². The number of hydrogen-bond acceptors (Lipinski definition) is 8. The first kappa shape index (κ1) is 23.1. The molecule has 194 valence electrons. The van der Waals surface area contributed by atoms with Crippen molar-refractivity contribution in [3.8, 4) is 23.0 Å². The predicted octanol–water partition coefficient (Wildman–Crippen LogP) is 3.79. The standard InChI is InChI=1S/C28H33FN6O2/c1-36-22-7-3-2-6-20(22)24-23(29)25-21(14-30-24)26(34-15-18-8-9-19(16-34)31-18)33-27(32-25)37-17-28-10-4-12-35(28)13-5-11-28/h2-3,6-7,14,18-19,31H,4-5,8-13,15-17H2,1H3/t18-,19+. The topological polar surface area (TPSA) is 75.6 Å². The van der Waals surface area contributed by atoms with Crippen molar-refractivity contribution in [3.05, 3.63) is 36.3 Å². The number of anilines is 1. The third-order valence-corrected chi connectivity index (χ3v) is 8.80. The zero-order valence-corrected chi connectivity index (χ0v) is 21.3. The Bertz CT molecular complexity index is 1310. The van der Waals surface area contributed by atoms with E-state index >= 15 is 4.39 Å². The van der Waals surface area contributed by atoms with Crippen molar-refractivity contribution in [1.82, 2.24) is 25.2 Å². The van der Waals surface area contributed by atoms with Gasteiger partial charge in [0.25, 0.3) is 0 Å². The molecule has 37 heavy (non-hydrogen) atoms. The first-order chi connectivity index (χ1) is 18.1. The Morgan fingerprint density at radius 1 is 1.08 bits per heavy atom. The normalized spacial score (nSPS) is 24.5. The van der Waals surface area contributed by atoms with Crippen LogP contribution in [0.5, 0.6) is 11.8 Å². The molecule has 2 aromatic heterocycles. The number of hydrogen-bond donors (Lipinski definition) is 1. The summed E-state index contributed by atoms with van der Waals surface area (Å²) in [5.41, 5.74) is 1.12. The van der Waals surface area contributed by atoms with Crippen LogP contribution in [0.3, 0.4) is 0 Å². The van der Waals surface area contributed by atoms with E-state index in [9.17, 15) is 0 Å². The van der Waals surface area contributed by atoms with Gasteiger partial charge in [-0.05, 0) is 63.7 Å². The number of piperazine rings is 1. The molecular weight excluding hydrogens is 471 g/mol. The average molecular weight is 505 g/mol. The molecule has 8 nitrogen and oxygen atoms in total. The fraction of sp³-hybridized carbons (Fsp3) is 0.536. The molecule has 0 saturated carbocycles. The van der Waals surface area contributed by atoms with Crippen molar-refractivity contribution in [2.24, 2.45) is 0 Å². The van der Waals surface area contributed by atoms with Crippen molar-refractivity contribution >= 4 is 16.7 Å². The fourth-order valence-electron chi connectivity index (χ4n) is 6.99. The molecule has 2 bridgehead atoms. The number of benzene rings is 1. The Hall–Kier alpha value is -3.04. The second kappa shape index (κ2) is 9.06. The molecular formula is C28H33FN6O2. The summed E-state index contributed by atoms with van der Waals surface area (Å²) in [6.45, 7) is 4.45. The maximum atomic E-state index is 16.2. The summed E-state index contributed by atoms with van der Waals surface area (Å²) in [5.74, 6) is 0.804. The third-order valence-electron chi connectivity index (χ3n) is 8.80. The van der Waals surface area contributed by atoms with E-state index in [0.29, 0.717) is 41.2 Å². The second-order valence-electron chi connectivity index (χ2n) is 11.0. The Balaban J connectivity index is 1.31. The highest BCUT2D eigenvalue weighted by Gasteiger charge is 2.45. The lowest BCUT2D eigenvalue weighted by atomic mass is 9.95. The van der Waals surface area contributed by atoms with Crippen molar-refractivity contribution < 1.29 is 13.9 Å². The van der Waals surface area contributed by atoms with Gasteiger partial charge in [0.1, 0.15) is 29.4 Å². The molecule has 4 aliphatic rings. The molecule has 9 heteroatoms. The van der Waals surface area contributed by atoms with E-state index in [2.05, 4.69) is 25.1 Å². The molecule has 1 aromatic carbocycles. The summed E-state index contributed by atoms with van der Waals surface area (Å²) in [4.78, 5) is 18.9. The van der Waals surface area contributed by atoms with Crippen molar-refractivity contribution in [1.29, 1.82) is 0 Å². The molecule has 2 atom stereocenters. The van der Waals surface area contributed by atoms with Crippen LogP contribution in [0.15, 0.2) is 30.5 Å². The number of halogens is 1. The van der Waals surface area contributed by atoms with Crippen molar-refractivity contribution in [3.63, 3.8) is 0 Å². The summed E-state index contributed by atoms with van der Waals surface area (Å²) < 4.78 is 28.0. The molecule has 1 N–H and O–H groups in total. The quantitative estimate of drug-likeness (QED) is 0.544. The monoisotopic (exact) mass is 504 g/mol. The summed E-state index contributed by atoms with van der Waals surface area (Å²) in [6, 6.07) is 8.43. The number of pyridine rings is 1. The number of methoxy groups -OCH3 is 1. The number of aromatic nitrogens is 3. The van der Waals surface area contributed by atoms with Crippen molar-refractivity contribution in [2.45, 2.75) is 56.1 Å². The largest absolute Gasteiger partial charge is 0.496 e. The van der Waals surface area contributed by atoms with Gasteiger partial charge in [-0.25, -0.2) is 4.39 Å². The minimum absolute atomic E-state index is 0.0615. The number of nitrogens with zero attached hydrogens (tertiary/aromatic N) is 5. The van der Waals surface area contributed by atoms with Crippen LogP contribution in [0.25, 0.3) is 22.2 Å². The van der Waals surface area contributed by atoms with Crippen LogP contribution < -0.4 is 19.7 Å². The number of ether oxygens (including phenoxy) is 2. The predicted molar refractivity (Wildman–Crippen MR) is 140 cm³/mol. The Kier molecular flexibility index (Phi) is 5.66. The van der Waals surface area contributed by atoms with Crippen LogP contribution in [0, 0.1) is 5.82 Å². The lowest BCUT2D eigenvalue weighted by Crippen LogP contribution is -2.51. The van der Waals surface area contributed by atoms with Crippen LogP contribution >= 0.6 is 0 Å². The molecule has 0 spiro atoms. The Labute approximate surface area is 216 Å². The van der Waals surface area contributed by atoms with E-state index in [4.69, 9.17) is 14.5 Å². The smallest absolute Gasteiger partial charge is 0.319 e. The molecule has 4 fully saturated rings. The van der Waals surface area contributed by atoms with E-state index in [1.165, 1.54) is 12.8 Å². The molecule has 0 radical (unpaired) electrons. The first-order valence-corrected chi connectivity index (χ1v) is 13.5. The maximum absolute atomic E-state index is 16.2. The van der Waals surface area contributed by atoms with E-state index in [1.54, 1.807) is 13.3 Å². The molecule has 0 unspecified atom stereocenters. The SMILES string of the molecule is COc1ccccc1-c1ncc2c(N3C[C@H]4CC[C@@H](C3)N4)nc(OCC34CCCN3CCC4)nc2c1F. The van der Waals surface area contributed by atoms with Crippen molar-refractivity contribution in [2.75, 3.05) is 44.8 Å². The minimum atomic E-state index is -0.477. The highest BCUT2D eigenvalue weighted by atomic mass is 19.1. The number of fused-ring (bicyclic) bond motifs is 4. The fourth-order valence-corrected chi connectivity index (χ4v) is 6.99. The summed E-state index contributed by atoms with van der Waals surface area (Å²) in [5, 5.41) is 4.29. The highest BCUT2D eigenvalue weighted by molar-refractivity contribution is 5.92. The molecule has 0 aliphatic carbocycles. The number of rotatable bonds is 6. The minimum Gasteiger partial charge on any atom is -0.496 e. The zero-order chi connectivity index (χ0) is 25.0. The van der Waals surface area contributed by atoms with Crippen LogP contribution in [-0.2, 0) is 0 Å². The lowest BCUT2D eigenvalue weighted by molar-refractivity contribution is 0.108. The summed E-state index contributed by atoms with van der Waals surface area (Å²) in [6.07, 6.45) is 8.65. The van der Waals surface area contributed by atoms with E-state index in [1.807, 2.05) is 24.3 Å². The van der Waals surface area contributed by atoms with E-state index in [-0.39, 0.29) is 22.8 Å². The van der Waals surface area contributed by atoms with Gasteiger partial charge >= 0.3 is 6.01 Å². The van der Waals surface area contributed by atoms with Crippen LogP contribution in [-0.4, -0.2) is 77.4 Å². The van der Waals surface area contributed by atoms with E-state index in [0.717, 1.165) is 51.9 Å². The Morgan fingerprint density at radius 3 is 2.59 bits per heavy atom. The molecule has 6 heterocycles. The van der Waals surface area contributed by atoms with Gasteiger partial charge in [-0.2, -0.15) is 9.97 Å². The summed E-state index contributed by atoms with van der Waals surface area (Å²) in [7, 11) is 1.58. The van der Waals surface area contributed by atoms with Gasteiger partial charge in [-0.1, -0.05) is 12.1 Å². The number of para-hydroxylation sites is 1. The first-order valence-electron chi connectivity index (χ1n) is 13.5. The van der Waals surface area contributed by atoms with Crippen LogP contribution in [0.1, 0.15) is 38.5 Å². The van der Waals surface area contributed by atoms with Gasteiger partial charge in [0.05, 0.1) is 18.0 Å². The molecule has 7 rings (SSSR count). The Morgan fingerprint density at radius 2 is 1.84 bits per heavy atom. The molecule has 0 amide bonds. The molecule has 3 aromatic rings. The summed E-state index contributed by atoms with van der Waals surface area (Å²) >= 11 is 0. The van der Waals surface area contributed by atoms with E-state index < -0.39 is 5.82 Å². The van der Waals surface area contributed by atoms with Gasteiger partial charge in [0.15, 0.2) is 5.82 Å². The van der Waals surface area contributed by atoms with Crippen LogP contribution in [0.4, 0.5) is 10.2 Å². The maximum Gasteiger partial charge on any atom is 0.319 e. The second-order valence-corrected chi connectivity index (χ2v) is 11.0. The average Bonchev–Trinajstić information content (AvgIpc) is 3.61. The van der Waals surface area contributed by atoms with Gasteiger partial charge in [-0.3, -0.25) is 9.88 Å². The third kappa shape index (κ3) is 3.90. The van der Waals surface area contributed by atoms with Crippen LogP contribution in [0.2, 0.25) is 0 Å². The highest BCUT2D eigenvalue weighted by Crippen LogP contribution is 2.40. The van der Waals surface area contributed by atoms with Gasteiger partial charge in [0.2, 0.25) is 0 Å².